The third kappa shape index (κ3) is 6.44. The van der Waals surface area contributed by atoms with Crippen LogP contribution in [0.5, 0.6) is 0 Å². The molecule has 0 aliphatic rings. The summed E-state index contributed by atoms with van der Waals surface area (Å²) in [6.07, 6.45) is -4.45. The zero-order valence-corrected chi connectivity index (χ0v) is 12.8. The number of halogens is 4. The van der Waals surface area contributed by atoms with E-state index in [4.69, 9.17) is 0 Å². The van der Waals surface area contributed by atoms with Gasteiger partial charge in [0.05, 0.1) is 5.56 Å². The van der Waals surface area contributed by atoms with E-state index in [-0.39, 0.29) is 17.6 Å². The van der Waals surface area contributed by atoms with Crippen molar-refractivity contribution in [1.29, 1.82) is 0 Å². The molecular weight excluding hydrogens is 284 g/mol. The van der Waals surface area contributed by atoms with E-state index in [1.165, 1.54) is 0 Å². The van der Waals surface area contributed by atoms with Crippen molar-refractivity contribution in [1.82, 2.24) is 10.2 Å². The van der Waals surface area contributed by atoms with Gasteiger partial charge in [-0.25, -0.2) is 4.39 Å². The number of hydrogen-bond acceptors (Lipinski definition) is 2. The number of nitrogens with one attached hydrogen (secondary N) is 1. The van der Waals surface area contributed by atoms with Crippen molar-refractivity contribution in [3.8, 4) is 0 Å². The van der Waals surface area contributed by atoms with Gasteiger partial charge in [-0.15, -0.1) is 0 Å². The molecule has 21 heavy (non-hydrogen) atoms. The zero-order valence-electron chi connectivity index (χ0n) is 12.8. The summed E-state index contributed by atoms with van der Waals surface area (Å²) >= 11 is 0. The minimum absolute atomic E-state index is 0.0255. The predicted molar refractivity (Wildman–Crippen MR) is 75.5 cm³/mol. The highest BCUT2D eigenvalue weighted by Gasteiger charge is 2.31. The van der Waals surface area contributed by atoms with E-state index < -0.39 is 17.6 Å². The zero-order chi connectivity index (χ0) is 16.3. The molecular formula is C15H22F4N2. The average molecular weight is 306 g/mol. The van der Waals surface area contributed by atoms with Crippen LogP contribution in [0, 0.1) is 5.82 Å². The molecule has 120 valence electrons. The van der Waals surface area contributed by atoms with Crippen LogP contribution in [0.3, 0.4) is 0 Å². The van der Waals surface area contributed by atoms with Gasteiger partial charge in [0, 0.05) is 30.7 Å². The third-order valence-corrected chi connectivity index (χ3v) is 2.96. The summed E-state index contributed by atoms with van der Waals surface area (Å²) in [7, 11) is 1.75. The van der Waals surface area contributed by atoms with Crippen molar-refractivity contribution in [2.24, 2.45) is 0 Å². The van der Waals surface area contributed by atoms with Crippen LogP contribution in [-0.4, -0.2) is 30.6 Å². The first-order valence-electron chi connectivity index (χ1n) is 6.78. The maximum Gasteiger partial charge on any atom is 0.416 e. The van der Waals surface area contributed by atoms with Crippen LogP contribution in [0.1, 0.15) is 31.9 Å². The lowest BCUT2D eigenvalue weighted by atomic mass is 10.1. The molecule has 1 aromatic rings. The Hall–Kier alpha value is -1.14. The number of likely N-dealkylation sites (N-methyl/N-ethyl adjacent to an activating group) is 1. The second-order valence-electron chi connectivity index (χ2n) is 6.22. The van der Waals surface area contributed by atoms with Crippen molar-refractivity contribution in [3.05, 3.63) is 35.1 Å². The SMILES string of the molecule is CN(CCNC(C)(C)C)Cc1cc(C(F)(F)F)ccc1F. The van der Waals surface area contributed by atoms with Crippen molar-refractivity contribution in [2.75, 3.05) is 20.1 Å². The van der Waals surface area contributed by atoms with Gasteiger partial charge in [0.25, 0.3) is 0 Å². The van der Waals surface area contributed by atoms with Crippen molar-refractivity contribution in [2.45, 2.75) is 39.0 Å². The van der Waals surface area contributed by atoms with E-state index in [1.807, 2.05) is 20.8 Å². The highest BCUT2D eigenvalue weighted by molar-refractivity contribution is 5.27. The molecule has 0 radical (unpaired) electrons. The summed E-state index contributed by atoms with van der Waals surface area (Å²) < 4.78 is 51.5. The number of alkyl halides is 3. The molecule has 0 unspecified atom stereocenters. The molecule has 0 aliphatic heterocycles. The van der Waals surface area contributed by atoms with Gasteiger partial charge in [0.2, 0.25) is 0 Å². The van der Waals surface area contributed by atoms with Gasteiger partial charge in [-0.1, -0.05) is 0 Å². The van der Waals surface area contributed by atoms with Crippen LogP contribution in [0.15, 0.2) is 18.2 Å². The minimum atomic E-state index is -4.45. The lowest BCUT2D eigenvalue weighted by molar-refractivity contribution is -0.137. The second kappa shape index (κ2) is 6.75. The van der Waals surface area contributed by atoms with E-state index in [1.54, 1.807) is 11.9 Å². The average Bonchev–Trinajstić information content (AvgIpc) is 2.28. The summed E-state index contributed by atoms with van der Waals surface area (Å²) in [5.74, 6) is -0.612. The summed E-state index contributed by atoms with van der Waals surface area (Å²) in [6, 6.07) is 2.52. The molecule has 0 spiro atoms. The monoisotopic (exact) mass is 306 g/mol. The number of hydrogen-bond donors (Lipinski definition) is 1. The Morgan fingerprint density at radius 3 is 2.29 bits per heavy atom. The lowest BCUT2D eigenvalue weighted by Gasteiger charge is -2.24. The van der Waals surface area contributed by atoms with Gasteiger partial charge in [0.1, 0.15) is 5.82 Å². The Balaban J connectivity index is 2.65. The van der Waals surface area contributed by atoms with Crippen molar-refractivity contribution >= 4 is 0 Å². The van der Waals surface area contributed by atoms with E-state index in [0.29, 0.717) is 13.1 Å². The van der Waals surface area contributed by atoms with Crippen LogP contribution in [0.25, 0.3) is 0 Å². The quantitative estimate of drug-likeness (QED) is 0.835. The number of benzene rings is 1. The molecule has 0 saturated heterocycles. The van der Waals surface area contributed by atoms with Crippen LogP contribution >= 0.6 is 0 Å². The standard InChI is InChI=1S/C15H22F4N2/c1-14(2,3)20-7-8-21(4)10-11-9-12(15(17,18)19)5-6-13(11)16/h5-6,9,20H,7-8,10H2,1-4H3. The van der Waals surface area contributed by atoms with Gasteiger partial charge in [-0.3, -0.25) is 0 Å². The molecule has 1 rings (SSSR count). The fraction of sp³-hybridized carbons (Fsp3) is 0.600. The number of rotatable bonds is 5. The van der Waals surface area contributed by atoms with Crippen molar-refractivity contribution < 1.29 is 17.6 Å². The van der Waals surface area contributed by atoms with Crippen LogP contribution in [-0.2, 0) is 12.7 Å². The normalized spacial score (nSPS) is 13.0. The summed E-state index contributed by atoms with van der Waals surface area (Å²) in [4.78, 5) is 1.79. The van der Waals surface area contributed by atoms with Gasteiger partial charge in [-0.05, 0) is 46.0 Å². The van der Waals surface area contributed by atoms with Crippen LogP contribution in [0.4, 0.5) is 17.6 Å². The van der Waals surface area contributed by atoms with Gasteiger partial charge in [0.15, 0.2) is 0 Å². The molecule has 0 atom stereocenters. The molecule has 0 aromatic heterocycles. The maximum atomic E-state index is 13.6. The Labute approximate surface area is 123 Å². The fourth-order valence-corrected chi connectivity index (χ4v) is 1.86. The molecule has 6 heteroatoms. The Morgan fingerprint density at radius 2 is 1.76 bits per heavy atom. The molecule has 1 aromatic carbocycles. The fourth-order valence-electron chi connectivity index (χ4n) is 1.86. The van der Waals surface area contributed by atoms with Crippen molar-refractivity contribution in [3.63, 3.8) is 0 Å². The molecule has 0 heterocycles. The highest BCUT2D eigenvalue weighted by Crippen LogP contribution is 2.30. The molecule has 0 bridgehead atoms. The topological polar surface area (TPSA) is 15.3 Å². The lowest BCUT2D eigenvalue weighted by Crippen LogP contribution is -2.40. The summed E-state index contributed by atoms with van der Waals surface area (Å²) in [5.41, 5.74) is -0.786. The third-order valence-electron chi connectivity index (χ3n) is 2.96. The molecule has 0 fully saturated rings. The molecule has 0 aliphatic carbocycles. The number of nitrogens with zero attached hydrogens (tertiary/aromatic N) is 1. The Morgan fingerprint density at radius 1 is 1.14 bits per heavy atom. The van der Waals surface area contributed by atoms with E-state index >= 15 is 0 Å². The van der Waals surface area contributed by atoms with E-state index in [0.717, 1.165) is 18.2 Å². The molecule has 1 N–H and O–H groups in total. The highest BCUT2D eigenvalue weighted by atomic mass is 19.4. The van der Waals surface area contributed by atoms with Crippen LogP contribution in [0.2, 0.25) is 0 Å². The smallest absolute Gasteiger partial charge is 0.311 e. The first-order valence-corrected chi connectivity index (χ1v) is 6.78. The van der Waals surface area contributed by atoms with Crippen LogP contribution < -0.4 is 5.32 Å². The summed E-state index contributed by atoms with van der Waals surface area (Å²) in [6.45, 7) is 7.52. The first-order chi connectivity index (χ1) is 9.49. The Kier molecular flexibility index (Phi) is 5.75. The van der Waals surface area contributed by atoms with Gasteiger partial charge < -0.3 is 10.2 Å². The molecule has 0 amide bonds. The van der Waals surface area contributed by atoms with Gasteiger partial charge >= 0.3 is 6.18 Å². The predicted octanol–water partition coefficient (Wildman–Crippen LogP) is 3.66. The minimum Gasteiger partial charge on any atom is -0.311 e. The van der Waals surface area contributed by atoms with Gasteiger partial charge in [-0.2, -0.15) is 13.2 Å². The summed E-state index contributed by atoms with van der Waals surface area (Å²) in [5, 5.41) is 3.27. The molecule has 0 saturated carbocycles. The largest absolute Gasteiger partial charge is 0.416 e. The van der Waals surface area contributed by atoms with E-state index in [9.17, 15) is 17.6 Å². The molecule has 2 nitrogen and oxygen atoms in total. The second-order valence-corrected chi connectivity index (χ2v) is 6.22. The Bertz CT molecular complexity index is 464. The maximum absolute atomic E-state index is 13.6. The first kappa shape index (κ1) is 17.9. The van der Waals surface area contributed by atoms with E-state index in [2.05, 4.69) is 5.32 Å².